The molecule has 0 saturated carbocycles. The molecule has 2 heterocycles. The Bertz CT molecular complexity index is 514. The Morgan fingerprint density at radius 1 is 1.52 bits per heavy atom. The van der Waals surface area contributed by atoms with E-state index in [1.54, 1.807) is 0 Å². The number of likely N-dealkylation sites (tertiary alicyclic amines) is 1. The van der Waals surface area contributed by atoms with Crippen molar-refractivity contribution in [1.29, 1.82) is 0 Å². The first-order valence-electron chi connectivity index (χ1n) is 6.84. The van der Waals surface area contributed by atoms with E-state index in [2.05, 4.69) is 39.6 Å². The van der Waals surface area contributed by atoms with Crippen LogP contribution < -0.4 is 16.6 Å². The van der Waals surface area contributed by atoms with E-state index >= 15 is 0 Å². The molecule has 1 saturated heterocycles. The van der Waals surface area contributed by atoms with Crippen LogP contribution in [0.15, 0.2) is 6.20 Å². The first-order valence-corrected chi connectivity index (χ1v) is 6.84. The zero-order valence-electron chi connectivity index (χ0n) is 12.3. The van der Waals surface area contributed by atoms with Gasteiger partial charge in [-0.25, -0.2) is 10.8 Å². The third-order valence-electron chi connectivity index (χ3n) is 3.97. The molecule has 0 unspecified atom stereocenters. The van der Waals surface area contributed by atoms with E-state index in [9.17, 15) is 10.1 Å². The Labute approximate surface area is 123 Å². The maximum Gasteiger partial charge on any atom is 0.329 e. The Balaban J connectivity index is 2.09. The van der Waals surface area contributed by atoms with Gasteiger partial charge in [0.1, 0.15) is 6.20 Å². The molecule has 1 aliphatic heterocycles. The van der Waals surface area contributed by atoms with Gasteiger partial charge >= 0.3 is 5.69 Å². The SMILES string of the molecule is CN1CCC(C)(CNc2nc(NN)ncc2[N+](=O)[O-])CC1. The molecular formula is C12H21N7O2. The summed E-state index contributed by atoms with van der Waals surface area (Å²) in [6, 6.07) is 0. The summed E-state index contributed by atoms with van der Waals surface area (Å²) < 4.78 is 0. The summed E-state index contributed by atoms with van der Waals surface area (Å²) in [5, 5.41) is 14.1. The second-order valence-electron chi connectivity index (χ2n) is 5.80. The molecule has 2 rings (SSSR count). The first kappa shape index (κ1) is 15.4. The molecule has 9 nitrogen and oxygen atoms in total. The summed E-state index contributed by atoms with van der Waals surface area (Å²) in [5.74, 6) is 5.59. The van der Waals surface area contributed by atoms with Gasteiger partial charge in [0.2, 0.25) is 11.8 Å². The highest BCUT2D eigenvalue weighted by molar-refractivity contribution is 5.56. The standard InChI is InChI=1S/C12H21N7O2/c1-12(3-5-18(2)6-4-12)8-15-10-9(19(20)21)7-14-11(16-10)17-13/h7H,3-6,8,13H2,1-2H3,(H2,14,15,16,17). The normalized spacial score (nSPS) is 18.2. The van der Waals surface area contributed by atoms with Crippen LogP contribution in [0.4, 0.5) is 17.5 Å². The third-order valence-corrected chi connectivity index (χ3v) is 3.97. The van der Waals surface area contributed by atoms with E-state index in [4.69, 9.17) is 5.84 Å². The van der Waals surface area contributed by atoms with Crippen molar-refractivity contribution in [3.05, 3.63) is 16.3 Å². The van der Waals surface area contributed by atoms with Crippen LogP contribution in [-0.4, -0.2) is 46.5 Å². The fourth-order valence-corrected chi connectivity index (χ4v) is 2.34. The van der Waals surface area contributed by atoms with Crippen molar-refractivity contribution in [1.82, 2.24) is 14.9 Å². The molecule has 116 valence electrons. The second kappa shape index (κ2) is 6.19. The minimum Gasteiger partial charge on any atom is -0.364 e. The van der Waals surface area contributed by atoms with Crippen molar-refractivity contribution < 1.29 is 4.92 Å². The summed E-state index contributed by atoms with van der Waals surface area (Å²) >= 11 is 0. The lowest BCUT2D eigenvalue weighted by Gasteiger charge is -2.38. The number of hydrazine groups is 1. The number of aromatic nitrogens is 2. The average molecular weight is 295 g/mol. The van der Waals surface area contributed by atoms with Crippen LogP contribution in [-0.2, 0) is 0 Å². The summed E-state index contributed by atoms with van der Waals surface area (Å²) in [6.07, 6.45) is 3.23. The van der Waals surface area contributed by atoms with Crippen LogP contribution in [0.3, 0.4) is 0 Å². The number of nitrogens with two attached hydrogens (primary N) is 1. The summed E-state index contributed by atoms with van der Waals surface area (Å²) in [5.41, 5.74) is 2.25. The van der Waals surface area contributed by atoms with Crippen molar-refractivity contribution in [2.75, 3.05) is 37.4 Å². The highest BCUT2D eigenvalue weighted by Crippen LogP contribution is 2.31. The predicted octanol–water partition coefficient (Wildman–Crippen LogP) is 0.814. The van der Waals surface area contributed by atoms with E-state index in [0.29, 0.717) is 6.54 Å². The van der Waals surface area contributed by atoms with Crippen LogP contribution in [0.2, 0.25) is 0 Å². The van der Waals surface area contributed by atoms with Crippen molar-refractivity contribution >= 4 is 17.5 Å². The first-order chi connectivity index (χ1) is 9.93. The van der Waals surface area contributed by atoms with Crippen LogP contribution in [0.1, 0.15) is 19.8 Å². The number of rotatable bonds is 5. The molecule has 1 aromatic rings. The maximum absolute atomic E-state index is 11.0. The van der Waals surface area contributed by atoms with Gasteiger partial charge in [0.15, 0.2) is 0 Å². The van der Waals surface area contributed by atoms with E-state index in [-0.39, 0.29) is 22.9 Å². The van der Waals surface area contributed by atoms with Crippen LogP contribution in [0, 0.1) is 15.5 Å². The molecule has 21 heavy (non-hydrogen) atoms. The third kappa shape index (κ3) is 3.76. The lowest BCUT2D eigenvalue weighted by atomic mass is 9.80. The fraction of sp³-hybridized carbons (Fsp3) is 0.667. The fourth-order valence-electron chi connectivity index (χ4n) is 2.34. The molecule has 0 aliphatic carbocycles. The van der Waals surface area contributed by atoms with E-state index in [1.807, 2.05) is 0 Å². The Kier molecular flexibility index (Phi) is 4.53. The molecule has 0 amide bonds. The summed E-state index contributed by atoms with van der Waals surface area (Å²) in [4.78, 5) is 20.6. The number of hydrogen-bond acceptors (Lipinski definition) is 8. The van der Waals surface area contributed by atoms with Gasteiger partial charge in [-0.05, 0) is 38.4 Å². The van der Waals surface area contributed by atoms with Gasteiger partial charge in [-0.2, -0.15) is 4.98 Å². The molecule has 1 fully saturated rings. The number of nitro groups is 1. The molecule has 1 aliphatic rings. The van der Waals surface area contributed by atoms with Gasteiger partial charge in [-0.1, -0.05) is 6.92 Å². The molecular weight excluding hydrogens is 274 g/mol. The molecule has 4 N–H and O–H groups in total. The molecule has 0 spiro atoms. The van der Waals surface area contributed by atoms with Gasteiger partial charge in [0.05, 0.1) is 4.92 Å². The zero-order valence-corrected chi connectivity index (χ0v) is 12.3. The number of hydrogen-bond donors (Lipinski definition) is 3. The topological polar surface area (TPSA) is 122 Å². The monoisotopic (exact) mass is 295 g/mol. The Morgan fingerprint density at radius 2 is 2.19 bits per heavy atom. The minimum atomic E-state index is -0.500. The smallest absolute Gasteiger partial charge is 0.329 e. The largest absolute Gasteiger partial charge is 0.364 e. The molecule has 0 bridgehead atoms. The molecule has 0 atom stereocenters. The Hall–Kier alpha value is -2.00. The zero-order chi connectivity index (χ0) is 15.5. The average Bonchev–Trinajstić information content (AvgIpc) is 2.48. The van der Waals surface area contributed by atoms with Crippen LogP contribution >= 0.6 is 0 Å². The van der Waals surface area contributed by atoms with E-state index < -0.39 is 4.92 Å². The molecule has 9 heteroatoms. The number of nitrogen functional groups attached to an aromatic ring is 1. The van der Waals surface area contributed by atoms with Gasteiger partial charge in [-0.15, -0.1) is 0 Å². The van der Waals surface area contributed by atoms with Gasteiger partial charge < -0.3 is 10.2 Å². The van der Waals surface area contributed by atoms with Crippen molar-refractivity contribution in [2.45, 2.75) is 19.8 Å². The highest BCUT2D eigenvalue weighted by Gasteiger charge is 2.29. The number of nitrogens with zero attached hydrogens (tertiary/aromatic N) is 4. The lowest BCUT2D eigenvalue weighted by molar-refractivity contribution is -0.384. The molecule has 1 aromatic heterocycles. The highest BCUT2D eigenvalue weighted by atomic mass is 16.6. The summed E-state index contributed by atoms with van der Waals surface area (Å²) in [6.45, 7) is 4.87. The Morgan fingerprint density at radius 3 is 2.76 bits per heavy atom. The predicted molar refractivity (Wildman–Crippen MR) is 79.8 cm³/mol. The quantitative estimate of drug-likeness (QED) is 0.414. The number of piperidine rings is 1. The van der Waals surface area contributed by atoms with E-state index in [0.717, 1.165) is 32.1 Å². The van der Waals surface area contributed by atoms with Crippen molar-refractivity contribution in [3.63, 3.8) is 0 Å². The second-order valence-corrected chi connectivity index (χ2v) is 5.80. The van der Waals surface area contributed by atoms with E-state index in [1.165, 1.54) is 0 Å². The van der Waals surface area contributed by atoms with Crippen LogP contribution in [0.5, 0.6) is 0 Å². The van der Waals surface area contributed by atoms with Crippen LogP contribution in [0.25, 0.3) is 0 Å². The van der Waals surface area contributed by atoms with Crippen molar-refractivity contribution in [3.8, 4) is 0 Å². The van der Waals surface area contributed by atoms with Gasteiger partial charge in [0.25, 0.3) is 0 Å². The number of nitrogens with one attached hydrogen (secondary N) is 2. The molecule has 0 radical (unpaired) electrons. The number of anilines is 2. The van der Waals surface area contributed by atoms with Crippen molar-refractivity contribution in [2.24, 2.45) is 11.3 Å². The van der Waals surface area contributed by atoms with Gasteiger partial charge in [-0.3, -0.25) is 15.5 Å². The molecule has 0 aromatic carbocycles. The maximum atomic E-state index is 11.0. The lowest BCUT2D eigenvalue weighted by Crippen LogP contribution is -2.40. The minimum absolute atomic E-state index is 0.0988. The summed E-state index contributed by atoms with van der Waals surface area (Å²) in [7, 11) is 2.10. The van der Waals surface area contributed by atoms with Gasteiger partial charge in [0, 0.05) is 6.54 Å².